The lowest BCUT2D eigenvalue weighted by molar-refractivity contribution is -0.0660. The summed E-state index contributed by atoms with van der Waals surface area (Å²) in [7, 11) is 0. The molecule has 1 amide bonds. The van der Waals surface area contributed by atoms with Crippen molar-refractivity contribution >= 4 is 5.91 Å². The molecule has 2 rings (SSSR count). The van der Waals surface area contributed by atoms with E-state index in [-0.39, 0.29) is 18.7 Å². The lowest BCUT2D eigenvalue weighted by Crippen LogP contribution is -2.41. The lowest BCUT2D eigenvalue weighted by atomic mass is 10.2. The van der Waals surface area contributed by atoms with Gasteiger partial charge in [0.05, 0.1) is 25.3 Å². The number of rotatable bonds is 3. The Bertz CT molecular complexity index is 465. The fourth-order valence-electron chi connectivity index (χ4n) is 1.90. The Kier molecular flexibility index (Phi) is 4.49. The normalized spacial score (nSPS) is 18.4. The van der Waals surface area contributed by atoms with E-state index in [9.17, 15) is 13.6 Å². The fourth-order valence-corrected chi connectivity index (χ4v) is 1.90. The molecule has 1 aliphatic rings. The van der Waals surface area contributed by atoms with Crippen LogP contribution in [0.2, 0.25) is 0 Å². The van der Waals surface area contributed by atoms with Crippen molar-refractivity contribution in [1.82, 2.24) is 9.88 Å². The number of ether oxygens (including phenoxy) is 2. The zero-order valence-corrected chi connectivity index (χ0v) is 11.1. The standard InChI is InChI=1S/C13H16F2N2O3/c1-2-20-11-4-3-10(7-16-11)12(18)17-5-6-19-9-13(14,15)8-17/h3-4,7H,2,5-6,8-9H2,1H3. The molecule has 1 aliphatic heterocycles. The summed E-state index contributed by atoms with van der Waals surface area (Å²) in [6.07, 6.45) is 1.33. The van der Waals surface area contributed by atoms with Crippen LogP contribution in [0.1, 0.15) is 17.3 Å². The maximum Gasteiger partial charge on any atom is 0.288 e. The first-order valence-electron chi connectivity index (χ1n) is 6.35. The van der Waals surface area contributed by atoms with Crippen LogP contribution in [0.25, 0.3) is 0 Å². The average molecular weight is 286 g/mol. The number of aromatic nitrogens is 1. The Hall–Kier alpha value is -1.76. The Balaban J connectivity index is 2.09. The van der Waals surface area contributed by atoms with Gasteiger partial charge in [-0.3, -0.25) is 4.79 Å². The summed E-state index contributed by atoms with van der Waals surface area (Å²) in [5.74, 6) is -3.11. The van der Waals surface area contributed by atoms with Gasteiger partial charge in [-0.2, -0.15) is 0 Å². The molecule has 1 aromatic rings. The molecule has 5 nitrogen and oxygen atoms in total. The summed E-state index contributed by atoms with van der Waals surface area (Å²) in [5.41, 5.74) is 0.256. The number of carbonyl (C=O) groups is 1. The van der Waals surface area contributed by atoms with Crippen LogP contribution in [0.15, 0.2) is 18.3 Å². The highest BCUT2D eigenvalue weighted by molar-refractivity contribution is 5.94. The van der Waals surface area contributed by atoms with Gasteiger partial charge in [0.1, 0.15) is 6.61 Å². The number of alkyl halides is 2. The molecule has 20 heavy (non-hydrogen) atoms. The van der Waals surface area contributed by atoms with Gasteiger partial charge in [0, 0.05) is 18.8 Å². The molecular weight excluding hydrogens is 270 g/mol. The fraction of sp³-hybridized carbons (Fsp3) is 0.538. The molecule has 0 saturated carbocycles. The average Bonchev–Trinajstić information content (AvgIpc) is 2.60. The van der Waals surface area contributed by atoms with Crippen molar-refractivity contribution in [2.45, 2.75) is 12.8 Å². The maximum atomic E-state index is 13.4. The number of hydrogen-bond acceptors (Lipinski definition) is 4. The van der Waals surface area contributed by atoms with Crippen molar-refractivity contribution in [3.63, 3.8) is 0 Å². The van der Waals surface area contributed by atoms with E-state index >= 15 is 0 Å². The minimum atomic E-state index is -3.02. The number of pyridine rings is 1. The zero-order chi connectivity index (χ0) is 14.6. The molecule has 0 bridgehead atoms. The van der Waals surface area contributed by atoms with Gasteiger partial charge in [-0.05, 0) is 13.0 Å². The predicted molar refractivity (Wildman–Crippen MR) is 67.1 cm³/mol. The van der Waals surface area contributed by atoms with E-state index in [0.29, 0.717) is 12.5 Å². The van der Waals surface area contributed by atoms with E-state index < -0.39 is 25.0 Å². The third-order valence-electron chi connectivity index (χ3n) is 2.80. The van der Waals surface area contributed by atoms with Crippen molar-refractivity contribution in [2.75, 3.05) is 32.9 Å². The summed E-state index contributed by atoms with van der Waals surface area (Å²) >= 11 is 0. The third-order valence-corrected chi connectivity index (χ3v) is 2.80. The second kappa shape index (κ2) is 6.13. The largest absolute Gasteiger partial charge is 0.478 e. The Labute approximate surface area is 115 Å². The lowest BCUT2D eigenvalue weighted by Gasteiger charge is -2.23. The molecule has 0 spiro atoms. The highest BCUT2D eigenvalue weighted by atomic mass is 19.3. The molecule has 0 N–H and O–H groups in total. The predicted octanol–water partition coefficient (Wildman–Crippen LogP) is 1.59. The van der Waals surface area contributed by atoms with Gasteiger partial charge in [-0.15, -0.1) is 0 Å². The van der Waals surface area contributed by atoms with E-state index in [0.717, 1.165) is 4.90 Å². The van der Waals surface area contributed by atoms with Crippen LogP contribution in [-0.2, 0) is 4.74 Å². The van der Waals surface area contributed by atoms with E-state index in [4.69, 9.17) is 9.47 Å². The van der Waals surface area contributed by atoms with Gasteiger partial charge in [-0.1, -0.05) is 0 Å². The minimum absolute atomic E-state index is 0.103. The van der Waals surface area contributed by atoms with Crippen LogP contribution in [0.3, 0.4) is 0 Å². The Morgan fingerprint density at radius 2 is 2.35 bits per heavy atom. The molecule has 0 radical (unpaired) electrons. The van der Waals surface area contributed by atoms with Crippen LogP contribution in [0.4, 0.5) is 8.78 Å². The van der Waals surface area contributed by atoms with Crippen LogP contribution in [0.5, 0.6) is 5.88 Å². The Morgan fingerprint density at radius 1 is 1.55 bits per heavy atom. The molecule has 1 fully saturated rings. The number of hydrogen-bond donors (Lipinski definition) is 0. The monoisotopic (exact) mass is 286 g/mol. The first-order valence-corrected chi connectivity index (χ1v) is 6.35. The van der Waals surface area contributed by atoms with Gasteiger partial charge in [0.25, 0.3) is 11.8 Å². The molecule has 0 atom stereocenters. The SMILES string of the molecule is CCOc1ccc(C(=O)N2CCOCC(F)(F)C2)cn1. The molecule has 2 heterocycles. The third kappa shape index (κ3) is 3.63. The number of amides is 1. The molecule has 0 aromatic carbocycles. The molecular formula is C13H16F2N2O3. The highest BCUT2D eigenvalue weighted by Crippen LogP contribution is 2.20. The summed E-state index contributed by atoms with van der Waals surface area (Å²) in [4.78, 5) is 17.2. The Morgan fingerprint density at radius 3 is 3.00 bits per heavy atom. The maximum absolute atomic E-state index is 13.4. The van der Waals surface area contributed by atoms with E-state index in [1.807, 2.05) is 6.92 Å². The van der Waals surface area contributed by atoms with Crippen molar-refractivity contribution in [3.05, 3.63) is 23.9 Å². The van der Waals surface area contributed by atoms with Crippen molar-refractivity contribution in [2.24, 2.45) is 0 Å². The summed E-state index contributed by atoms with van der Waals surface area (Å²) in [5, 5.41) is 0. The smallest absolute Gasteiger partial charge is 0.288 e. The van der Waals surface area contributed by atoms with Gasteiger partial charge in [0.15, 0.2) is 0 Å². The minimum Gasteiger partial charge on any atom is -0.478 e. The van der Waals surface area contributed by atoms with Gasteiger partial charge >= 0.3 is 0 Å². The first-order chi connectivity index (χ1) is 9.52. The molecule has 110 valence electrons. The summed E-state index contributed by atoms with van der Waals surface area (Å²) in [6, 6.07) is 3.06. The highest BCUT2D eigenvalue weighted by Gasteiger charge is 2.36. The van der Waals surface area contributed by atoms with Crippen molar-refractivity contribution in [1.29, 1.82) is 0 Å². The molecule has 7 heteroatoms. The van der Waals surface area contributed by atoms with Crippen LogP contribution in [-0.4, -0.2) is 54.6 Å². The van der Waals surface area contributed by atoms with Crippen molar-refractivity contribution < 1.29 is 23.0 Å². The topological polar surface area (TPSA) is 51.7 Å². The first kappa shape index (κ1) is 14.6. The van der Waals surface area contributed by atoms with Crippen LogP contribution >= 0.6 is 0 Å². The second-order valence-electron chi connectivity index (χ2n) is 4.45. The molecule has 0 aliphatic carbocycles. The molecule has 1 saturated heterocycles. The molecule has 1 aromatic heterocycles. The van der Waals surface area contributed by atoms with E-state index in [1.54, 1.807) is 6.07 Å². The number of halogens is 2. The molecule has 0 unspecified atom stereocenters. The van der Waals surface area contributed by atoms with Gasteiger partial charge in [-0.25, -0.2) is 13.8 Å². The summed E-state index contributed by atoms with van der Waals surface area (Å²) in [6.45, 7) is 1.24. The van der Waals surface area contributed by atoms with Gasteiger partial charge in [0.2, 0.25) is 5.88 Å². The number of carbonyl (C=O) groups excluding carboxylic acids is 1. The van der Waals surface area contributed by atoms with E-state index in [1.165, 1.54) is 12.3 Å². The summed E-state index contributed by atoms with van der Waals surface area (Å²) < 4.78 is 36.8. The van der Waals surface area contributed by atoms with Crippen LogP contribution < -0.4 is 4.74 Å². The quantitative estimate of drug-likeness (QED) is 0.846. The van der Waals surface area contributed by atoms with Crippen LogP contribution in [0, 0.1) is 0 Å². The van der Waals surface area contributed by atoms with Gasteiger partial charge < -0.3 is 14.4 Å². The van der Waals surface area contributed by atoms with Crippen molar-refractivity contribution in [3.8, 4) is 5.88 Å². The second-order valence-corrected chi connectivity index (χ2v) is 4.45. The zero-order valence-electron chi connectivity index (χ0n) is 11.1. The van der Waals surface area contributed by atoms with E-state index in [2.05, 4.69) is 4.98 Å². The number of nitrogens with zero attached hydrogens (tertiary/aromatic N) is 2.